The van der Waals surface area contributed by atoms with Crippen molar-refractivity contribution in [1.82, 2.24) is 0 Å². The van der Waals surface area contributed by atoms with Gasteiger partial charge in [-0.1, -0.05) is 6.08 Å². The minimum absolute atomic E-state index is 0.173. The summed E-state index contributed by atoms with van der Waals surface area (Å²) < 4.78 is 15.8. The number of hydrogen-bond donors (Lipinski definition) is 0. The molecule has 0 spiro atoms. The first kappa shape index (κ1) is 17.1. The first-order chi connectivity index (χ1) is 12.3. The lowest BCUT2D eigenvalue weighted by Gasteiger charge is -2.48. The van der Waals surface area contributed by atoms with Crippen LogP contribution in [0.1, 0.15) is 41.6 Å². The highest BCUT2D eigenvalue weighted by molar-refractivity contribution is 5.94. The van der Waals surface area contributed by atoms with Gasteiger partial charge in [0.25, 0.3) is 0 Å². The molecule has 2 aliphatic heterocycles. The van der Waals surface area contributed by atoms with Crippen LogP contribution < -0.4 is 9.47 Å². The molecule has 26 heavy (non-hydrogen) atoms. The quantitative estimate of drug-likeness (QED) is 0.265. The molecular formula is C19H21NO6. The second-order valence-corrected chi connectivity index (χ2v) is 7.26. The average molecular weight is 359 g/mol. The number of hydroxylamine groups is 3. The molecule has 4 rings (SSSR count). The predicted molar refractivity (Wildman–Crippen MR) is 91.8 cm³/mol. The summed E-state index contributed by atoms with van der Waals surface area (Å²) in [5.41, 5.74) is 2.20. The fourth-order valence-electron chi connectivity index (χ4n) is 4.51. The maximum atomic E-state index is 13.0. The van der Waals surface area contributed by atoms with Crippen molar-refractivity contribution in [3.05, 3.63) is 40.1 Å². The van der Waals surface area contributed by atoms with E-state index in [1.807, 2.05) is 0 Å². The lowest BCUT2D eigenvalue weighted by Crippen LogP contribution is -2.52. The van der Waals surface area contributed by atoms with Crippen molar-refractivity contribution in [3.8, 4) is 11.5 Å². The molecule has 0 saturated carbocycles. The van der Waals surface area contributed by atoms with Crippen LogP contribution in [0.5, 0.6) is 11.5 Å². The topological polar surface area (TPSA) is 84.9 Å². The summed E-state index contributed by atoms with van der Waals surface area (Å²) in [5.74, 6) is -0.666. The maximum Gasteiger partial charge on any atom is 0.338 e. The van der Waals surface area contributed by atoms with E-state index in [0.29, 0.717) is 24.3 Å². The Labute approximate surface area is 151 Å². The van der Waals surface area contributed by atoms with Gasteiger partial charge in [-0.05, 0) is 23.3 Å². The smallest absolute Gasteiger partial charge is 0.338 e. The predicted octanol–water partition coefficient (Wildman–Crippen LogP) is 2.29. The number of quaternary nitrogens is 1. The summed E-state index contributed by atoms with van der Waals surface area (Å²) in [6, 6.07) is 2.92. The number of methoxy groups -OCH3 is 1. The van der Waals surface area contributed by atoms with Gasteiger partial charge in [0.05, 0.1) is 32.2 Å². The molecule has 7 heteroatoms. The maximum absolute atomic E-state index is 13.0. The van der Waals surface area contributed by atoms with Crippen LogP contribution in [0.4, 0.5) is 0 Å². The van der Waals surface area contributed by atoms with Crippen LogP contribution in [0.15, 0.2) is 23.8 Å². The van der Waals surface area contributed by atoms with Crippen LogP contribution in [0, 0.1) is 5.21 Å². The summed E-state index contributed by atoms with van der Waals surface area (Å²) >= 11 is 0. The highest BCUT2D eigenvalue weighted by Gasteiger charge is 2.52. The van der Waals surface area contributed by atoms with Crippen molar-refractivity contribution in [3.63, 3.8) is 0 Å². The van der Waals surface area contributed by atoms with Crippen LogP contribution in [-0.4, -0.2) is 49.4 Å². The van der Waals surface area contributed by atoms with Crippen molar-refractivity contribution in [1.29, 1.82) is 0 Å². The van der Waals surface area contributed by atoms with Crippen LogP contribution >= 0.6 is 0 Å². The Morgan fingerprint density at radius 1 is 1.35 bits per heavy atom. The molecule has 1 fully saturated rings. The number of rotatable bonds is 2. The molecule has 3 aliphatic rings. The molecule has 2 heterocycles. The summed E-state index contributed by atoms with van der Waals surface area (Å²) in [4.78, 5) is 23.9. The van der Waals surface area contributed by atoms with Crippen LogP contribution in [-0.2, 0) is 9.53 Å². The van der Waals surface area contributed by atoms with Gasteiger partial charge in [-0.3, -0.25) is 4.79 Å². The summed E-state index contributed by atoms with van der Waals surface area (Å²) in [7, 11) is 3.15. The largest absolute Gasteiger partial charge is 0.633 e. The minimum atomic E-state index is -0.507. The molecule has 138 valence electrons. The second kappa shape index (κ2) is 5.82. The van der Waals surface area contributed by atoms with E-state index in [9.17, 15) is 14.8 Å². The van der Waals surface area contributed by atoms with Gasteiger partial charge in [0.1, 0.15) is 12.1 Å². The molecule has 1 aromatic carbocycles. The standard InChI is InChI=1S/C19H21NO6/c1-10(21)25-16-9-13-12(8-15(16)24-3)17-14(26-19(13)22)5-4-11-6-7-20(2,23)18(11)17/h4,8-9,14,17-18H,5-7H2,1-3H3/t14-,17-,18-,20-/m1/s1. The van der Waals surface area contributed by atoms with Crippen molar-refractivity contribution < 1.29 is 28.4 Å². The van der Waals surface area contributed by atoms with Crippen LogP contribution in [0.25, 0.3) is 0 Å². The fourth-order valence-corrected chi connectivity index (χ4v) is 4.51. The Morgan fingerprint density at radius 2 is 2.12 bits per heavy atom. The number of likely N-dealkylation sites (tertiary alicyclic amines) is 1. The Morgan fingerprint density at radius 3 is 2.81 bits per heavy atom. The molecule has 7 nitrogen and oxygen atoms in total. The van der Waals surface area contributed by atoms with Crippen LogP contribution in [0.3, 0.4) is 0 Å². The van der Waals surface area contributed by atoms with Crippen molar-refractivity contribution >= 4 is 11.9 Å². The van der Waals surface area contributed by atoms with Gasteiger partial charge >= 0.3 is 11.9 Å². The summed E-state index contributed by atoms with van der Waals surface area (Å²) in [5, 5.41) is 13.0. The molecule has 0 amide bonds. The number of esters is 2. The SMILES string of the molecule is COc1cc2c(cc1OC(C)=O)C(=O)O[C@@H]1CC=C3CC[N@@+](C)([O-])[C@H]3[C@H]21. The van der Waals surface area contributed by atoms with E-state index in [0.717, 1.165) is 17.6 Å². The first-order valence-electron chi connectivity index (χ1n) is 8.68. The van der Waals surface area contributed by atoms with Gasteiger partial charge in [0, 0.05) is 19.8 Å². The highest BCUT2D eigenvalue weighted by atomic mass is 16.6. The third kappa shape index (κ3) is 2.50. The number of likely N-dealkylation sites (N-methyl/N-ethyl adjacent to an activating group) is 1. The van der Waals surface area contributed by atoms with Gasteiger partial charge in [0.15, 0.2) is 11.5 Å². The van der Waals surface area contributed by atoms with E-state index in [2.05, 4.69) is 6.08 Å². The van der Waals surface area contributed by atoms with E-state index >= 15 is 0 Å². The molecule has 1 aliphatic carbocycles. The Hall–Kier alpha value is -2.38. The molecule has 0 N–H and O–H groups in total. The summed E-state index contributed by atoms with van der Waals surface area (Å²) in [6.45, 7) is 1.80. The van der Waals surface area contributed by atoms with Gasteiger partial charge in [-0.2, -0.15) is 0 Å². The van der Waals surface area contributed by atoms with Gasteiger partial charge in [-0.15, -0.1) is 0 Å². The third-order valence-corrected chi connectivity index (χ3v) is 5.59. The molecule has 0 aromatic heterocycles. The Balaban J connectivity index is 1.87. The number of nitrogens with zero attached hydrogens (tertiary/aromatic N) is 1. The number of carbonyl (C=O) groups excluding carboxylic acids is 2. The second-order valence-electron chi connectivity index (χ2n) is 7.26. The van der Waals surface area contributed by atoms with Gasteiger partial charge in [-0.25, -0.2) is 4.79 Å². The molecule has 0 bridgehead atoms. The summed E-state index contributed by atoms with van der Waals surface area (Å²) in [6.07, 6.45) is 3.06. The number of fused-ring (bicyclic) bond motifs is 5. The van der Waals surface area contributed by atoms with Gasteiger partial charge in [0.2, 0.25) is 0 Å². The minimum Gasteiger partial charge on any atom is -0.633 e. The van der Waals surface area contributed by atoms with E-state index in [1.54, 1.807) is 13.1 Å². The molecular weight excluding hydrogens is 338 g/mol. The Bertz CT molecular complexity index is 828. The lowest BCUT2D eigenvalue weighted by molar-refractivity contribution is -0.872. The Kier molecular flexibility index (Phi) is 3.82. The van der Waals surface area contributed by atoms with Gasteiger partial charge < -0.3 is 24.1 Å². The zero-order chi connectivity index (χ0) is 18.6. The van der Waals surface area contributed by atoms with Crippen molar-refractivity contribution in [2.45, 2.75) is 37.8 Å². The fraction of sp³-hybridized carbons (Fsp3) is 0.474. The van der Waals surface area contributed by atoms with E-state index < -0.39 is 11.9 Å². The van der Waals surface area contributed by atoms with Crippen molar-refractivity contribution in [2.75, 3.05) is 20.7 Å². The van der Waals surface area contributed by atoms with E-state index in [4.69, 9.17) is 14.2 Å². The normalized spacial score (nSPS) is 31.9. The van der Waals surface area contributed by atoms with Crippen LogP contribution in [0.2, 0.25) is 0 Å². The van der Waals surface area contributed by atoms with E-state index in [-0.39, 0.29) is 28.5 Å². The lowest BCUT2D eigenvalue weighted by atomic mass is 9.74. The third-order valence-electron chi connectivity index (χ3n) is 5.59. The van der Waals surface area contributed by atoms with Crippen molar-refractivity contribution in [2.24, 2.45) is 0 Å². The number of hydrogen-bond acceptors (Lipinski definition) is 6. The molecule has 1 aromatic rings. The zero-order valence-electron chi connectivity index (χ0n) is 15.0. The number of carbonyl (C=O) groups is 2. The molecule has 4 atom stereocenters. The average Bonchev–Trinajstić information content (AvgIpc) is 2.89. The monoisotopic (exact) mass is 359 g/mol. The molecule has 0 radical (unpaired) electrons. The first-order valence-corrected chi connectivity index (χ1v) is 8.68. The molecule has 1 saturated heterocycles. The number of benzene rings is 1. The highest BCUT2D eigenvalue weighted by Crippen LogP contribution is 2.50. The zero-order valence-corrected chi connectivity index (χ0v) is 15.0. The molecule has 0 unspecified atom stereocenters. The number of ether oxygens (including phenoxy) is 3. The van der Waals surface area contributed by atoms with E-state index in [1.165, 1.54) is 20.1 Å².